The molecule has 2 saturated heterocycles. The van der Waals surface area contributed by atoms with Gasteiger partial charge in [0.25, 0.3) is 0 Å². The molecule has 2 aromatic carbocycles. The number of phenols is 1. The summed E-state index contributed by atoms with van der Waals surface area (Å²) >= 11 is 0. The first-order valence-electron chi connectivity index (χ1n) is 12.4. The van der Waals surface area contributed by atoms with E-state index in [0.717, 1.165) is 71.7 Å². The van der Waals surface area contributed by atoms with Crippen LogP contribution >= 0.6 is 0 Å². The van der Waals surface area contributed by atoms with Crippen LogP contribution in [0.25, 0.3) is 21.9 Å². The normalized spacial score (nSPS) is 17.8. The van der Waals surface area contributed by atoms with Crippen LogP contribution in [0.15, 0.2) is 53.9 Å². The smallest absolute Gasteiger partial charge is 0.124 e. The molecule has 0 amide bonds. The Morgan fingerprint density at radius 2 is 1.46 bits per heavy atom. The molecule has 0 radical (unpaired) electrons. The zero-order chi connectivity index (χ0) is 23.8. The largest absolute Gasteiger partial charge is 0.507 e. The standard InChI is InChI=1S/C27H30N6O2/c34-27-19(17-31-10-1-2-11-31)15-21(16-20(27)18-32-12-3-4-13-32)30-22-7-14-33(35)24-6-5-23-26(25(22)24)29-9-8-28-23/h5-9,14-16,34-35H,1-4,10-13,17-18H2. The highest BCUT2D eigenvalue weighted by molar-refractivity contribution is 6.01. The van der Waals surface area contributed by atoms with E-state index in [2.05, 4.69) is 19.8 Å². The van der Waals surface area contributed by atoms with Gasteiger partial charge in [0.05, 0.1) is 27.5 Å². The Balaban J connectivity index is 1.51. The van der Waals surface area contributed by atoms with Crippen molar-refractivity contribution in [1.29, 1.82) is 0 Å². The van der Waals surface area contributed by atoms with Crippen LogP contribution < -0.4 is 5.36 Å². The van der Waals surface area contributed by atoms with Gasteiger partial charge in [-0.3, -0.25) is 19.8 Å². The zero-order valence-corrected chi connectivity index (χ0v) is 19.8. The summed E-state index contributed by atoms with van der Waals surface area (Å²) < 4.78 is 1.09. The topological polar surface area (TPSA) is 90.0 Å². The van der Waals surface area contributed by atoms with Crippen molar-refractivity contribution in [2.75, 3.05) is 26.2 Å². The Hall–Kier alpha value is -3.49. The molecule has 180 valence electrons. The highest BCUT2D eigenvalue weighted by Crippen LogP contribution is 2.32. The van der Waals surface area contributed by atoms with Gasteiger partial charge in [0.15, 0.2) is 0 Å². The molecule has 6 rings (SSSR count). The molecule has 2 aliphatic heterocycles. The Labute approximate surface area is 203 Å². The summed E-state index contributed by atoms with van der Waals surface area (Å²) in [6.45, 7) is 5.70. The first kappa shape index (κ1) is 22.0. The van der Waals surface area contributed by atoms with Crippen molar-refractivity contribution >= 4 is 27.6 Å². The lowest BCUT2D eigenvalue weighted by atomic mass is 10.1. The van der Waals surface area contributed by atoms with Crippen molar-refractivity contribution in [3.05, 3.63) is 65.4 Å². The Bertz CT molecular complexity index is 1410. The van der Waals surface area contributed by atoms with Crippen LogP contribution in [-0.4, -0.2) is 61.0 Å². The Morgan fingerprint density at radius 3 is 2.11 bits per heavy atom. The number of hydrogen-bond donors (Lipinski definition) is 2. The summed E-state index contributed by atoms with van der Waals surface area (Å²) in [5.74, 6) is 0.394. The number of benzene rings is 2. The van der Waals surface area contributed by atoms with Crippen molar-refractivity contribution in [3.63, 3.8) is 0 Å². The maximum Gasteiger partial charge on any atom is 0.124 e. The minimum absolute atomic E-state index is 0.394. The minimum Gasteiger partial charge on any atom is -0.507 e. The predicted octanol–water partition coefficient (Wildman–Crippen LogP) is 3.95. The third-order valence-electron chi connectivity index (χ3n) is 7.18. The number of rotatable bonds is 5. The molecular weight excluding hydrogens is 440 g/mol. The molecule has 2 aromatic heterocycles. The SMILES string of the molecule is Oc1c(CN2CCCC2)cc(N=c2ccn(O)c3ccc4nccnc4c23)cc1CN1CCCC1. The number of fused-ring (bicyclic) bond motifs is 3. The van der Waals surface area contributed by atoms with Crippen LogP contribution in [0.4, 0.5) is 5.69 Å². The van der Waals surface area contributed by atoms with E-state index < -0.39 is 0 Å². The summed E-state index contributed by atoms with van der Waals surface area (Å²) in [5, 5.41) is 23.1. The summed E-state index contributed by atoms with van der Waals surface area (Å²) in [4.78, 5) is 18.8. The number of phenolic OH excluding ortho intramolecular Hbond substituents is 1. The third-order valence-corrected chi connectivity index (χ3v) is 7.18. The number of aromatic hydroxyl groups is 1. The maximum atomic E-state index is 11.2. The molecule has 2 N–H and O–H groups in total. The fourth-order valence-corrected chi connectivity index (χ4v) is 5.42. The van der Waals surface area contributed by atoms with Gasteiger partial charge in [0, 0.05) is 42.8 Å². The van der Waals surface area contributed by atoms with Gasteiger partial charge >= 0.3 is 0 Å². The van der Waals surface area contributed by atoms with Crippen LogP contribution in [0.3, 0.4) is 0 Å². The zero-order valence-electron chi connectivity index (χ0n) is 19.8. The lowest BCUT2D eigenvalue weighted by Crippen LogP contribution is -2.20. The molecule has 4 heterocycles. The molecule has 35 heavy (non-hydrogen) atoms. The Kier molecular flexibility index (Phi) is 5.83. The van der Waals surface area contributed by atoms with Crippen LogP contribution in [0.2, 0.25) is 0 Å². The predicted molar refractivity (Wildman–Crippen MR) is 135 cm³/mol. The molecular formula is C27H30N6O2. The fourth-order valence-electron chi connectivity index (χ4n) is 5.42. The van der Waals surface area contributed by atoms with Crippen molar-refractivity contribution in [1.82, 2.24) is 24.5 Å². The van der Waals surface area contributed by atoms with Gasteiger partial charge in [-0.05, 0) is 82.2 Å². The second kappa shape index (κ2) is 9.28. The molecule has 8 nitrogen and oxygen atoms in total. The van der Waals surface area contributed by atoms with E-state index >= 15 is 0 Å². The van der Waals surface area contributed by atoms with Crippen LogP contribution in [0, 0.1) is 0 Å². The quantitative estimate of drug-likeness (QED) is 0.339. The summed E-state index contributed by atoms with van der Waals surface area (Å²) in [5.41, 5.74) is 4.70. The van der Waals surface area contributed by atoms with E-state index in [1.165, 1.54) is 25.7 Å². The Morgan fingerprint density at radius 1 is 0.829 bits per heavy atom. The number of aromatic nitrogens is 3. The van der Waals surface area contributed by atoms with Gasteiger partial charge < -0.3 is 10.3 Å². The molecule has 0 bridgehead atoms. The van der Waals surface area contributed by atoms with E-state index in [9.17, 15) is 10.3 Å². The summed E-state index contributed by atoms with van der Waals surface area (Å²) in [6, 6.07) is 9.49. The highest BCUT2D eigenvalue weighted by Gasteiger charge is 2.19. The third kappa shape index (κ3) is 4.35. The van der Waals surface area contributed by atoms with Crippen molar-refractivity contribution in [2.45, 2.75) is 38.8 Å². The average Bonchev–Trinajstić information content (AvgIpc) is 3.58. The lowest BCUT2D eigenvalue weighted by Gasteiger charge is -2.20. The average molecular weight is 471 g/mol. The number of nitrogens with zero attached hydrogens (tertiary/aromatic N) is 6. The lowest BCUT2D eigenvalue weighted by molar-refractivity contribution is 0.198. The van der Waals surface area contributed by atoms with Gasteiger partial charge in [-0.2, -0.15) is 4.73 Å². The van der Waals surface area contributed by atoms with Gasteiger partial charge in [0.2, 0.25) is 0 Å². The second-order valence-corrected chi connectivity index (χ2v) is 9.62. The molecule has 2 aliphatic rings. The summed E-state index contributed by atoms with van der Waals surface area (Å²) in [7, 11) is 0. The van der Waals surface area contributed by atoms with E-state index in [0.29, 0.717) is 22.1 Å². The van der Waals surface area contributed by atoms with E-state index in [-0.39, 0.29) is 0 Å². The minimum atomic E-state index is 0.394. The van der Waals surface area contributed by atoms with Crippen molar-refractivity contribution in [2.24, 2.45) is 4.99 Å². The molecule has 0 atom stereocenters. The van der Waals surface area contributed by atoms with Crippen molar-refractivity contribution < 1.29 is 10.3 Å². The van der Waals surface area contributed by atoms with Gasteiger partial charge in [-0.25, -0.2) is 4.99 Å². The van der Waals surface area contributed by atoms with Gasteiger partial charge in [-0.1, -0.05) is 0 Å². The molecule has 0 spiro atoms. The first-order valence-corrected chi connectivity index (χ1v) is 12.4. The molecule has 0 saturated carbocycles. The molecule has 0 unspecified atom stereocenters. The number of likely N-dealkylation sites (tertiary alicyclic amines) is 2. The maximum absolute atomic E-state index is 11.2. The number of hydrogen-bond acceptors (Lipinski definition) is 7. The van der Waals surface area contributed by atoms with E-state index in [1.807, 2.05) is 24.3 Å². The molecule has 0 aliphatic carbocycles. The summed E-state index contributed by atoms with van der Waals surface area (Å²) in [6.07, 6.45) is 9.74. The molecule has 4 aromatic rings. The monoisotopic (exact) mass is 470 g/mol. The number of pyridine rings is 1. The van der Waals surface area contributed by atoms with Crippen LogP contribution in [0.1, 0.15) is 36.8 Å². The van der Waals surface area contributed by atoms with E-state index in [1.54, 1.807) is 24.7 Å². The van der Waals surface area contributed by atoms with Crippen LogP contribution in [-0.2, 0) is 13.1 Å². The molecule has 8 heteroatoms. The fraction of sp³-hybridized carbons (Fsp3) is 0.370. The van der Waals surface area contributed by atoms with Gasteiger partial charge in [0.1, 0.15) is 11.3 Å². The van der Waals surface area contributed by atoms with E-state index in [4.69, 9.17) is 4.99 Å². The first-order chi connectivity index (χ1) is 17.2. The second-order valence-electron chi connectivity index (χ2n) is 9.62. The van der Waals surface area contributed by atoms with Crippen LogP contribution in [0.5, 0.6) is 5.75 Å². The highest BCUT2D eigenvalue weighted by atomic mass is 16.5. The van der Waals surface area contributed by atoms with Crippen molar-refractivity contribution in [3.8, 4) is 5.75 Å². The molecule has 2 fully saturated rings. The van der Waals surface area contributed by atoms with Gasteiger partial charge in [-0.15, -0.1) is 0 Å².